The molecule has 2 aromatic carbocycles. The lowest BCUT2D eigenvalue weighted by atomic mass is 10.2. The molecule has 0 aliphatic heterocycles. The van der Waals surface area contributed by atoms with Gasteiger partial charge in [-0.1, -0.05) is 17.3 Å². The predicted octanol–water partition coefficient (Wildman–Crippen LogP) is 2.39. The topological polar surface area (TPSA) is 129 Å². The third-order valence-electron chi connectivity index (χ3n) is 5.26. The normalized spacial score (nSPS) is 14.2. The molecule has 10 nitrogen and oxygen atoms in total. The molecule has 2 aromatic heterocycles. The first-order valence-corrected chi connectivity index (χ1v) is 11.5. The Bertz CT molecular complexity index is 1450. The van der Waals surface area contributed by atoms with Crippen LogP contribution in [0.2, 0.25) is 0 Å². The molecule has 4 aromatic rings. The number of rotatable bonds is 8. The zero-order valence-corrected chi connectivity index (χ0v) is 18.0. The van der Waals surface area contributed by atoms with Gasteiger partial charge in [0.25, 0.3) is 0 Å². The van der Waals surface area contributed by atoms with Crippen molar-refractivity contribution in [3.8, 4) is 5.75 Å². The molecule has 0 amide bonds. The summed E-state index contributed by atoms with van der Waals surface area (Å²) >= 11 is 0. The van der Waals surface area contributed by atoms with Gasteiger partial charge in [-0.25, -0.2) is 17.9 Å². The van der Waals surface area contributed by atoms with Gasteiger partial charge in [-0.2, -0.15) is 4.98 Å². The van der Waals surface area contributed by atoms with Gasteiger partial charge < -0.3 is 13.7 Å². The summed E-state index contributed by atoms with van der Waals surface area (Å²) < 4.78 is 45.1. The lowest BCUT2D eigenvalue weighted by Crippen LogP contribution is -2.23. The number of oxazole rings is 1. The molecule has 0 radical (unpaired) electrons. The molecule has 1 fully saturated rings. The minimum Gasteiger partial charge on any atom is -0.497 e. The number of nitrogens with one attached hydrogen (secondary N) is 1. The summed E-state index contributed by atoms with van der Waals surface area (Å²) in [5.41, 5.74) is 1.35. The van der Waals surface area contributed by atoms with E-state index in [9.17, 15) is 13.2 Å². The van der Waals surface area contributed by atoms with Crippen LogP contribution in [0.25, 0.3) is 11.1 Å². The van der Waals surface area contributed by atoms with Crippen molar-refractivity contribution in [2.45, 2.75) is 36.7 Å². The molecule has 2 heterocycles. The van der Waals surface area contributed by atoms with E-state index in [4.69, 9.17) is 13.7 Å². The van der Waals surface area contributed by atoms with Gasteiger partial charge in [-0.3, -0.25) is 4.57 Å². The largest absolute Gasteiger partial charge is 0.497 e. The maximum absolute atomic E-state index is 12.8. The molecular formula is C21H20N4O6S. The monoisotopic (exact) mass is 456 g/mol. The van der Waals surface area contributed by atoms with Crippen molar-refractivity contribution in [3.63, 3.8) is 0 Å². The standard InChI is InChI=1S/C21H20N4O6S/c1-29-15-4-2-3-13(9-15)11-22-32(27,28)16-7-8-17-18(10-16)30-21(26)25(17)12-19-23-20(31-24-19)14-5-6-14/h2-4,7-10,14,22H,5-6,11-12H2,1H3. The van der Waals surface area contributed by atoms with Crippen molar-refractivity contribution >= 4 is 21.1 Å². The smallest absolute Gasteiger partial charge is 0.420 e. The van der Waals surface area contributed by atoms with Gasteiger partial charge in [0, 0.05) is 18.5 Å². The van der Waals surface area contributed by atoms with Crippen molar-refractivity contribution in [2.75, 3.05) is 7.11 Å². The van der Waals surface area contributed by atoms with Crippen LogP contribution in [-0.2, 0) is 23.1 Å². The summed E-state index contributed by atoms with van der Waals surface area (Å²) in [5.74, 6) is 1.27. The van der Waals surface area contributed by atoms with E-state index in [-0.39, 0.29) is 23.6 Å². The predicted molar refractivity (Wildman–Crippen MR) is 113 cm³/mol. The zero-order valence-electron chi connectivity index (χ0n) is 17.1. The van der Waals surface area contributed by atoms with Gasteiger partial charge in [0.05, 0.1) is 24.1 Å². The van der Waals surface area contributed by atoms with Gasteiger partial charge in [0.1, 0.15) is 5.75 Å². The molecule has 1 aliphatic carbocycles. The van der Waals surface area contributed by atoms with Crippen LogP contribution in [-0.4, -0.2) is 30.2 Å². The van der Waals surface area contributed by atoms with Crippen molar-refractivity contribution in [1.29, 1.82) is 0 Å². The summed E-state index contributed by atoms with van der Waals surface area (Å²) in [5, 5.41) is 3.92. The van der Waals surface area contributed by atoms with Crippen LogP contribution in [0.5, 0.6) is 5.75 Å². The van der Waals surface area contributed by atoms with E-state index < -0.39 is 15.8 Å². The van der Waals surface area contributed by atoms with E-state index in [0.717, 1.165) is 18.4 Å². The minimum atomic E-state index is -3.83. The Labute approximate surface area is 182 Å². The average molecular weight is 456 g/mol. The van der Waals surface area contributed by atoms with Crippen LogP contribution < -0.4 is 15.2 Å². The van der Waals surface area contributed by atoms with Gasteiger partial charge in [0.15, 0.2) is 11.4 Å². The van der Waals surface area contributed by atoms with Gasteiger partial charge in [-0.15, -0.1) is 0 Å². The van der Waals surface area contributed by atoms with Crippen LogP contribution in [0.4, 0.5) is 0 Å². The summed E-state index contributed by atoms with van der Waals surface area (Å²) in [6.45, 7) is 0.159. The molecular weight excluding hydrogens is 436 g/mol. The summed E-state index contributed by atoms with van der Waals surface area (Å²) in [6.07, 6.45) is 2.05. The Balaban J connectivity index is 1.37. The highest BCUT2D eigenvalue weighted by Gasteiger charge is 2.29. The van der Waals surface area contributed by atoms with E-state index in [1.807, 2.05) is 0 Å². The number of nitrogens with zero attached hydrogens (tertiary/aromatic N) is 3. The first-order valence-electron chi connectivity index (χ1n) is 10.0. The molecule has 166 valence electrons. The van der Waals surface area contributed by atoms with E-state index in [1.165, 1.54) is 22.8 Å². The van der Waals surface area contributed by atoms with Gasteiger partial charge in [0.2, 0.25) is 15.9 Å². The summed E-state index contributed by atoms with van der Waals surface area (Å²) in [4.78, 5) is 16.7. The van der Waals surface area contributed by atoms with Crippen molar-refractivity contribution in [2.24, 2.45) is 0 Å². The van der Waals surface area contributed by atoms with Crippen molar-refractivity contribution in [1.82, 2.24) is 19.4 Å². The summed E-state index contributed by atoms with van der Waals surface area (Å²) in [6, 6.07) is 11.4. The number of ether oxygens (including phenoxy) is 1. The number of sulfonamides is 1. The van der Waals surface area contributed by atoms with Crippen molar-refractivity contribution < 1.29 is 22.1 Å². The minimum absolute atomic E-state index is 0.00984. The molecule has 0 spiro atoms. The lowest BCUT2D eigenvalue weighted by molar-refractivity contribution is 0.372. The molecule has 0 atom stereocenters. The Kier molecular flexibility index (Phi) is 5.06. The zero-order chi connectivity index (χ0) is 22.3. The Morgan fingerprint density at radius 2 is 2.06 bits per heavy atom. The third-order valence-corrected chi connectivity index (χ3v) is 6.66. The maximum atomic E-state index is 12.8. The second kappa shape index (κ2) is 7.92. The molecule has 1 aliphatic rings. The lowest BCUT2D eigenvalue weighted by Gasteiger charge is -2.08. The van der Waals surface area contributed by atoms with Crippen LogP contribution >= 0.6 is 0 Å². The Hall–Kier alpha value is -3.44. The second-order valence-corrected chi connectivity index (χ2v) is 9.35. The van der Waals surface area contributed by atoms with Gasteiger partial charge >= 0.3 is 5.76 Å². The highest BCUT2D eigenvalue weighted by molar-refractivity contribution is 7.89. The molecule has 0 saturated heterocycles. The number of fused-ring (bicyclic) bond motifs is 1. The molecule has 32 heavy (non-hydrogen) atoms. The highest BCUT2D eigenvalue weighted by Crippen LogP contribution is 2.38. The first-order chi connectivity index (χ1) is 15.4. The Morgan fingerprint density at radius 1 is 1.22 bits per heavy atom. The molecule has 1 saturated carbocycles. The Morgan fingerprint density at radius 3 is 2.84 bits per heavy atom. The molecule has 0 bridgehead atoms. The van der Waals surface area contributed by atoms with E-state index >= 15 is 0 Å². The molecule has 0 unspecified atom stereocenters. The van der Waals surface area contributed by atoms with Crippen LogP contribution in [0, 0.1) is 0 Å². The second-order valence-electron chi connectivity index (χ2n) is 7.58. The molecule has 1 N–H and O–H groups in total. The van der Waals surface area contributed by atoms with Crippen LogP contribution in [0.15, 0.2) is 61.1 Å². The SMILES string of the molecule is COc1cccc(CNS(=O)(=O)c2ccc3c(c2)oc(=O)n3Cc2noc(C3CC3)n2)c1. The fourth-order valence-electron chi connectivity index (χ4n) is 3.38. The van der Waals surface area contributed by atoms with E-state index in [2.05, 4.69) is 14.9 Å². The number of benzene rings is 2. The summed E-state index contributed by atoms with van der Waals surface area (Å²) in [7, 11) is -2.29. The highest BCUT2D eigenvalue weighted by atomic mass is 32.2. The number of hydrogen-bond acceptors (Lipinski definition) is 8. The molecule has 5 rings (SSSR count). The number of methoxy groups -OCH3 is 1. The quantitative estimate of drug-likeness (QED) is 0.428. The molecule has 11 heteroatoms. The van der Waals surface area contributed by atoms with E-state index in [0.29, 0.717) is 28.9 Å². The van der Waals surface area contributed by atoms with Gasteiger partial charge in [-0.05, 0) is 42.7 Å². The first kappa shape index (κ1) is 20.5. The third kappa shape index (κ3) is 4.04. The average Bonchev–Trinajstić information content (AvgIpc) is 3.46. The van der Waals surface area contributed by atoms with Crippen LogP contribution in [0.3, 0.4) is 0 Å². The van der Waals surface area contributed by atoms with Crippen molar-refractivity contribution in [3.05, 3.63) is 70.3 Å². The maximum Gasteiger partial charge on any atom is 0.420 e. The van der Waals surface area contributed by atoms with Crippen LogP contribution in [0.1, 0.15) is 36.0 Å². The number of aromatic nitrogens is 3. The van der Waals surface area contributed by atoms with E-state index in [1.54, 1.807) is 31.4 Å². The fraction of sp³-hybridized carbons (Fsp3) is 0.286. The fourth-order valence-corrected chi connectivity index (χ4v) is 4.41. The number of hydrogen-bond donors (Lipinski definition) is 1.